The van der Waals surface area contributed by atoms with E-state index in [1.807, 2.05) is 12.1 Å². The zero-order valence-electron chi connectivity index (χ0n) is 11.7. The van der Waals surface area contributed by atoms with Crippen LogP contribution in [-0.2, 0) is 9.53 Å². The van der Waals surface area contributed by atoms with Crippen LogP contribution in [0.4, 0.5) is 0 Å². The van der Waals surface area contributed by atoms with Crippen molar-refractivity contribution in [2.24, 2.45) is 0 Å². The topological polar surface area (TPSA) is 26.3 Å². The first-order valence-corrected chi connectivity index (χ1v) is 7.65. The summed E-state index contributed by atoms with van der Waals surface area (Å²) in [5.41, 5.74) is 0.926. The fraction of sp³-hybridized carbons (Fsp3) is 0.167. The van der Waals surface area contributed by atoms with Crippen LogP contribution < -0.4 is 0 Å². The minimum absolute atomic E-state index is 0.135. The molecule has 0 atom stereocenters. The Balaban J connectivity index is 1.92. The molecule has 3 aromatic rings. The SMILES string of the molecule is CCOC(=O)CC#Cc1ccc2sc3ccccc3c2c1. The molecular formula is C18H14O2S. The molecule has 0 unspecified atom stereocenters. The molecule has 0 aliphatic rings. The summed E-state index contributed by atoms with van der Waals surface area (Å²) in [7, 11) is 0. The predicted molar refractivity (Wildman–Crippen MR) is 87.5 cm³/mol. The number of carbonyl (C=O) groups is 1. The first-order valence-electron chi connectivity index (χ1n) is 6.83. The monoisotopic (exact) mass is 294 g/mol. The van der Waals surface area contributed by atoms with E-state index in [0.717, 1.165) is 5.56 Å². The van der Waals surface area contributed by atoms with E-state index in [2.05, 4.69) is 42.2 Å². The fourth-order valence-corrected chi connectivity index (χ4v) is 3.32. The van der Waals surface area contributed by atoms with Gasteiger partial charge in [0, 0.05) is 25.7 Å². The van der Waals surface area contributed by atoms with Gasteiger partial charge in [-0.2, -0.15) is 0 Å². The summed E-state index contributed by atoms with van der Waals surface area (Å²) in [5.74, 6) is 5.63. The quantitative estimate of drug-likeness (QED) is 0.518. The Morgan fingerprint density at radius 1 is 1.14 bits per heavy atom. The number of fused-ring (bicyclic) bond motifs is 3. The molecule has 0 N–H and O–H groups in total. The van der Waals surface area contributed by atoms with Crippen molar-refractivity contribution in [2.45, 2.75) is 13.3 Å². The second-order valence-electron chi connectivity index (χ2n) is 4.59. The van der Waals surface area contributed by atoms with Crippen LogP contribution in [0.15, 0.2) is 42.5 Å². The van der Waals surface area contributed by atoms with Crippen molar-refractivity contribution in [2.75, 3.05) is 6.61 Å². The first-order chi connectivity index (χ1) is 10.3. The highest BCUT2D eigenvalue weighted by atomic mass is 32.1. The van der Waals surface area contributed by atoms with E-state index in [-0.39, 0.29) is 12.4 Å². The van der Waals surface area contributed by atoms with Gasteiger partial charge in [-0.25, -0.2) is 0 Å². The molecule has 0 saturated carbocycles. The molecule has 1 aromatic heterocycles. The molecule has 0 aliphatic carbocycles. The van der Waals surface area contributed by atoms with Crippen LogP contribution >= 0.6 is 11.3 Å². The Labute approximate surface area is 127 Å². The van der Waals surface area contributed by atoms with E-state index in [9.17, 15) is 4.79 Å². The molecule has 3 rings (SSSR count). The molecule has 0 amide bonds. The van der Waals surface area contributed by atoms with E-state index in [1.165, 1.54) is 20.2 Å². The van der Waals surface area contributed by atoms with Crippen LogP contribution in [-0.4, -0.2) is 12.6 Å². The van der Waals surface area contributed by atoms with Gasteiger partial charge in [0.15, 0.2) is 0 Å². The second-order valence-corrected chi connectivity index (χ2v) is 5.68. The second kappa shape index (κ2) is 5.99. The molecule has 1 heterocycles. The average molecular weight is 294 g/mol. The van der Waals surface area contributed by atoms with Crippen molar-refractivity contribution < 1.29 is 9.53 Å². The fourth-order valence-electron chi connectivity index (χ4n) is 2.23. The van der Waals surface area contributed by atoms with E-state index in [0.29, 0.717) is 6.61 Å². The Morgan fingerprint density at radius 3 is 2.81 bits per heavy atom. The number of hydrogen-bond acceptors (Lipinski definition) is 3. The molecule has 3 heteroatoms. The van der Waals surface area contributed by atoms with Gasteiger partial charge in [-0.05, 0) is 31.2 Å². The maximum Gasteiger partial charge on any atom is 0.317 e. The summed E-state index contributed by atoms with van der Waals surface area (Å²) in [6.07, 6.45) is 0.135. The Morgan fingerprint density at radius 2 is 1.95 bits per heavy atom. The lowest BCUT2D eigenvalue weighted by atomic mass is 10.1. The van der Waals surface area contributed by atoms with Crippen LogP contribution in [0, 0.1) is 11.8 Å². The third-order valence-electron chi connectivity index (χ3n) is 3.15. The molecule has 0 bridgehead atoms. The smallest absolute Gasteiger partial charge is 0.317 e. The lowest BCUT2D eigenvalue weighted by molar-refractivity contribution is -0.141. The molecule has 104 valence electrons. The van der Waals surface area contributed by atoms with E-state index >= 15 is 0 Å². The molecular weight excluding hydrogens is 280 g/mol. The Kier molecular flexibility index (Phi) is 3.89. The van der Waals surface area contributed by atoms with Gasteiger partial charge in [0.1, 0.15) is 6.42 Å². The van der Waals surface area contributed by atoms with Crippen molar-refractivity contribution in [3.05, 3.63) is 48.0 Å². The third kappa shape index (κ3) is 2.91. The van der Waals surface area contributed by atoms with Gasteiger partial charge in [-0.1, -0.05) is 30.0 Å². The van der Waals surface area contributed by atoms with Crippen molar-refractivity contribution in [1.29, 1.82) is 0 Å². The maximum absolute atomic E-state index is 11.3. The highest BCUT2D eigenvalue weighted by molar-refractivity contribution is 7.25. The molecule has 2 nitrogen and oxygen atoms in total. The normalized spacial score (nSPS) is 10.3. The predicted octanol–water partition coefficient (Wildman–Crippen LogP) is 4.36. The lowest BCUT2D eigenvalue weighted by Crippen LogP contribution is -2.01. The van der Waals surface area contributed by atoms with Gasteiger partial charge in [-0.3, -0.25) is 4.79 Å². The number of esters is 1. The first kappa shape index (κ1) is 13.7. The molecule has 2 aromatic carbocycles. The van der Waals surface area contributed by atoms with Crippen molar-refractivity contribution in [1.82, 2.24) is 0 Å². The lowest BCUT2D eigenvalue weighted by Gasteiger charge is -1.95. The zero-order chi connectivity index (χ0) is 14.7. The molecule has 0 aliphatic heterocycles. The maximum atomic E-state index is 11.3. The molecule has 0 fully saturated rings. The van der Waals surface area contributed by atoms with E-state index in [1.54, 1.807) is 18.3 Å². The van der Waals surface area contributed by atoms with Gasteiger partial charge >= 0.3 is 5.97 Å². The molecule has 0 saturated heterocycles. The van der Waals surface area contributed by atoms with Gasteiger partial charge < -0.3 is 4.74 Å². The summed E-state index contributed by atoms with van der Waals surface area (Å²) in [6.45, 7) is 2.19. The number of ether oxygens (including phenoxy) is 1. The molecule has 0 spiro atoms. The Bertz CT molecular complexity index is 865. The Hall–Kier alpha value is -2.31. The third-order valence-corrected chi connectivity index (χ3v) is 4.30. The number of rotatable bonds is 2. The summed E-state index contributed by atoms with van der Waals surface area (Å²) < 4.78 is 7.39. The van der Waals surface area contributed by atoms with Gasteiger partial charge in [-0.15, -0.1) is 11.3 Å². The van der Waals surface area contributed by atoms with Crippen LogP contribution in [0.5, 0.6) is 0 Å². The van der Waals surface area contributed by atoms with E-state index < -0.39 is 0 Å². The standard InChI is InChI=1S/C18H14O2S/c1-2-20-18(19)9-5-6-13-10-11-17-15(12-13)14-7-3-4-8-16(14)21-17/h3-4,7-8,10-12H,2,9H2,1H3. The summed E-state index contributed by atoms with van der Waals surface area (Å²) in [5, 5.41) is 2.48. The van der Waals surface area contributed by atoms with Gasteiger partial charge in [0.25, 0.3) is 0 Å². The van der Waals surface area contributed by atoms with Crippen molar-refractivity contribution in [3.63, 3.8) is 0 Å². The molecule has 0 radical (unpaired) electrons. The summed E-state index contributed by atoms with van der Waals surface area (Å²) in [6, 6.07) is 14.5. The minimum Gasteiger partial charge on any atom is -0.465 e. The zero-order valence-corrected chi connectivity index (χ0v) is 12.5. The number of carbonyl (C=O) groups excluding carboxylic acids is 1. The number of thiophene rings is 1. The average Bonchev–Trinajstić information content (AvgIpc) is 2.86. The van der Waals surface area contributed by atoms with Crippen LogP contribution in [0.2, 0.25) is 0 Å². The largest absolute Gasteiger partial charge is 0.465 e. The minimum atomic E-state index is -0.271. The summed E-state index contributed by atoms with van der Waals surface area (Å²) in [4.78, 5) is 11.3. The van der Waals surface area contributed by atoms with Crippen molar-refractivity contribution in [3.8, 4) is 11.8 Å². The van der Waals surface area contributed by atoms with Gasteiger partial charge in [0.05, 0.1) is 6.61 Å². The molecule has 21 heavy (non-hydrogen) atoms. The van der Waals surface area contributed by atoms with Crippen LogP contribution in [0.25, 0.3) is 20.2 Å². The highest BCUT2D eigenvalue weighted by Gasteiger charge is 2.04. The van der Waals surface area contributed by atoms with Crippen molar-refractivity contribution >= 4 is 37.5 Å². The van der Waals surface area contributed by atoms with E-state index in [4.69, 9.17) is 4.74 Å². The van der Waals surface area contributed by atoms with Crippen LogP contribution in [0.1, 0.15) is 18.9 Å². The van der Waals surface area contributed by atoms with Crippen LogP contribution in [0.3, 0.4) is 0 Å². The van der Waals surface area contributed by atoms with Gasteiger partial charge in [0.2, 0.25) is 0 Å². The number of benzene rings is 2. The highest BCUT2D eigenvalue weighted by Crippen LogP contribution is 2.33. The number of hydrogen-bond donors (Lipinski definition) is 0. The summed E-state index contributed by atoms with van der Waals surface area (Å²) >= 11 is 1.78.